The van der Waals surface area contributed by atoms with E-state index in [0.717, 1.165) is 32.1 Å². The molecule has 0 aromatic heterocycles. The van der Waals surface area contributed by atoms with E-state index in [2.05, 4.69) is 20.1 Å². The molecule has 0 aromatic rings. The average Bonchev–Trinajstić information content (AvgIpc) is 2.07. The van der Waals surface area contributed by atoms with Gasteiger partial charge in [-0.25, -0.2) is 0 Å². The van der Waals surface area contributed by atoms with E-state index in [-0.39, 0.29) is 0 Å². The van der Waals surface area contributed by atoms with Crippen LogP contribution in [0.25, 0.3) is 0 Å². The van der Waals surface area contributed by atoms with E-state index in [1.807, 2.05) is 0 Å². The SMILES string of the molecule is C=C.[CH2]CCCCCCC(=O)O. The monoisotopic (exact) mass is 171 g/mol. The lowest BCUT2D eigenvalue weighted by molar-refractivity contribution is -0.137. The van der Waals surface area contributed by atoms with Gasteiger partial charge in [0.05, 0.1) is 0 Å². The van der Waals surface area contributed by atoms with Gasteiger partial charge in [0.1, 0.15) is 0 Å². The Labute approximate surface area is 75.3 Å². The van der Waals surface area contributed by atoms with Gasteiger partial charge in [0, 0.05) is 6.42 Å². The molecule has 0 bridgehead atoms. The molecule has 2 nitrogen and oxygen atoms in total. The van der Waals surface area contributed by atoms with Crippen molar-refractivity contribution in [3.05, 3.63) is 20.1 Å². The second-order valence-electron chi connectivity index (χ2n) is 2.41. The second kappa shape index (κ2) is 12.8. The molecular weight excluding hydrogens is 152 g/mol. The fourth-order valence-corrected chi connectivity index (χ4v) is 0.807. The van der Waals surface area contributed by atoms with E-state index in [4.69, 9.17) is 5.11 Å². The molecule has 0 unspecified atom stereocenters. The summed E-state index contributed by atoms with van der Waals surface area (Å²) >= 11 is 0. The van der Waals surface area contributed by atoms with E-state index in [0.29, 0.717) is 6.42 Å². The summed E-state index contributed by atoms with van der Waals surface area (Å²) in [6, 6.07) is 0. The van der Waals surface area contributed by atoms with Gasteiger partial charge in [0.15, 0.2) is 0 Å². The van der Waals surface area contributed by atoms with Gasteiger partial charge in [-0.3, -0.25) is 4.79 Å². The van der Waals surface area contributed by atoms with Crippen LogP contribution in [0.15, 0.2) is 13.2 Å². The van der Waals surface area contributed by atoms with Crippen molar-refractivity contribution < 1.29 is 9.90 Å². The van der Waals surface area contributed by atoms with Crippen LogP contribution in [0, 0.1) is 6.92 Å². The van der Waals surface area contributed by atoms with E-state index in [1.54, 1.807) is 0 Å². The standard InChI is InChI=1S/C8H15O2.C2H4/c1-2-3-4-5-6-7-8(9)10;1-2/h1-7H2,(H,9,10);1-2H2. The summed E-state index contributed by atoms with van der Waals surface area (Å²) in [6.45, 7) is 9.70. The van der Waals surface area contributed by atoms with Crippen LogP contribution in [0.5, 0.6) is 0 Å². The summed E-state index contributed by atoms with van der Waals surface area (Å²) in [7, 11) is 0. The molecule has 0 aromatic carbocycles. The number of carboxylic acid groups (broad SMARTS) is 1. The van der Waals surface area contributed by atoms with E-state index in [9.17, 15) is 4.79 Å². The Morgan fingerprint density at radius 3 is 2.00 bits per heavy atom. The van der Waals surface area contributed by atoms with E-state index < -0.39 is 5.97 Å². The number of rotatable bonds is 6. The molecular formula is C10H19O2. The van der Waals surface area contributed by atoms with Crippen LogP contribution in [-0.4, -0.2) is 11.1 Å². The predicted molar refractivity (Wildman–Crippen MR) is 51.9 cm³/mol. The maximum absolute atomic E-state index is 10.0. The third-order valence-corrected chi connectivity index (χ3v) is 1.39. The molecule has 0 heterocycles. The Bertz CT molecular complexity index is 100. The summed E-state index contributed by atoms with van der Waals surface area (Å²) in [4.78, 5) is 10.0. The van der Waals surface area contributed by atoms with E-state index in [1.165, 1.54) is 0 Å². The van der Waals surface area contributed by atoms with Crippen LogP contribution >= 0.6 is 0 Å². The Morgan fingerprint density at radius 2 is 1.58 bits per heavy atom. The lowest BCUT2D eigenvalue weighted by atomic mass is 10.1. The van der Waals surface area contributed by atoms with Crippen LogP contribution in [0.1, 0.15) is 38.5 Å². The smallest absolute Gasteiger partial charge is 0.303 e. The Kier molecular flexibility index (Phi) is 14.8. The molecule has 0 saturated carbocycles. The van der Waals surface area contributed by atoms with Crippen molar-refractivity contribution in [3.63, 3.8) is 0 Å². The molecule has 0 amide bonds. The zero-order valence-electron chi connectivity index (χ0n) is 7.72. The van der Waals surface area contributed by atoms with Crippen molar-refractivity contribution in [3.8, 4) is 0 Å². The molecule has 0 atom stereocenters. The Balaban J connectivity index is 0. The molecule has 0 spiro atoms. The topological polar surface area (TPSA) is 37.3 Å². The molecule has 12 heavy (non-hydrogen) atoms. The maximum Gasteiger partial charge on any atom is 0.303 e. The second-order valence-corrected chi connectivity index (χ2v) is 2.41. The normalized spacial score (nSPS) is 8.42. The fraction of sp³-hybridized carbons (Fsp3) is 0.600. The van der Waals surface area contributed by atoms with Crippen molar-refractivity contribution in [2.75, 3.05) is 0 Å². The quantitative estimate of drug-likeness (QED) is 0.492. The van der Waals surface area contributed by atoms with Gasteiger partial charge in [-0.1, -0.05) is 32.6 Å². The summed E-state index contributed by atoms with van der Waals surface area (Å²) in [5.41, 5.74) is 0. The van der Waals surface area contributed by atoms with Gasteiger partial charge < -0.3 is 5.11 Å². The minimum Gasteiger partial charge on any atom is -0.481 e. The van der Waals surface area contributed by atoms with Crippen LogP contribution in [0.4, 0.5) is 0 Å². The summed E-state index contributed by atoms with van der Waals surface area (Å²) in [6.07, 6.45) is 5.37. The number of aliphatic carboxylic acids is 1. The van der Waals surface area contributed by atoms with Crippen molar-refractivity contribution in [1.82, 2.24) is 0 Å². The highest BCUT2D eigenvalue weighted by Gasteiger charge is 1.94. The summed E-state index contributed by atoms with van der Waals surface area (Å²) < 4.78 is 0. The molecule has 0 aliphatic carbocycles. The highest BCUT2D eigenvalue weighted by molar-refractivity contribution is 5.66. The van der Waals surface area contributed by atoms with Crippen molar-refractivity contribution >= 4 is 5.97 Å². The highest BCUT2D eigenvalue weighted by Crippen LogP contribution is 2.03. The first-order valence-corrected chi connectivity index (χ1v) is 4.28. The minimum atomic E-state index is -0.686. The van der Waals surface area contributed by atoms with Crippen LogP contribution in [-0.2, 0) is 4.79 Å². The van der Waals surface area contributed by atoms with Gasteiger partial charge in [0.2, 0.25) is 0 Å². The summed E-state index contributed by atoms with van der Waals surface area (Å²) in [5, 5.41) is 8.26. The molecule has 1 radical (unpaired) electrons. The van der Waals surface area contributed by atoms with Crippen LogP contribution in [0.3, 0.4) is 0 Å². The highest BCUT2D eigenvalue weighted by atomic mass is 16.4. The van der Waals surface area contributed by atoms with Gasteiger partial charge in [-0.2, -0.15) is 0 Å². The van der Waals surface area contributed by atoms with Gasteiger partial charge in [-0.15, -0.1) is 13.2 Å². The first-order valence-electron chi connectivity index (χ1n) is 4.28. The fourth-order valence-electron chi connectivity index (χ4n) is 0.807. The summed E-state index contributed by atoms with van der Waals surface area (Å²) in [5.74, 6) is -0.686. The van der Waals surface area contributed by atoms with Crippen LogP contribution < -0.4 is 0 Å². The zero-order chi connectivity index (χ0) is 9.82. The zero-order valence-corrected chi connectivity index (χ0v) is 7.72. The Hall–Kier alpha value is -0.790. The largest absolute Gasteiger partial charge is 0.481 e. The number of unbranched alkanes of at least 4 members (excludes halogenated alkanes) is 4. The third-order valence-electron chi connectivity index (χ3n) is 1.39. The lowest BCUT2D eigenvalue weighted by Crippen LogP contribution is -1.93. The predicted octanol–water partition coefficient (Wildman–Crippen LogP) is 3.05. The molecule has 0 aliphatic heterocycles. The number of hydrogen-bond donors (Lipinski definition) is 1. The maximum atomic E-state index is 10.0. The first kappa shape index (κ1) is 13.8. The van der Waals surface area contributed by atoms with Gasteiger partial charge >= 0.3 is 5.97 Å². The molecule has 71 valence electrons. The number of hydrogen-bond acceptors (Lipinski definition) is 1. The third kappa shape index (κ3) is 16.1. The van der Waals surface area contributed by atoms with E-state index >= 15 is 0 Å². The number of carboxylic acids is 1. The van der Waals surface area contributed by atoms with Gasteiger partial charge in [-0.05, 0) is 6.42 Å². The molecule has 0 saturated heterocycles. The van der Waals surface area contributed by atoms with Crippen molar-refractivity contribution in [1.29, 1.82) is 0 Å². The Morgan fingerprint density at radius 1 is 1.08 bits per heavy atom. The molecule has 0 rings (SSSR count). The minimum absolute atomic E-state index is 0.317. The lowest BCUT2D eigenvalue weighted by Gasteiger charge is -1.95. The average molecular weight is 171 g/mol. The van der Waals surface area contributed by atoms with Crippen molar-refractivity contribution in [2.45, 2.75) is 38.5 Å². The molecule has 0 fully saturated rings. The van der Waals surface area contributed by atoms with Crippen LogP contribution in [0.2, 0.25) is 0 Å². The van der Waals surface area contributed by atoms with Gasteiger partial charge in [0.25, 0.3) is 0 Å². The first-order chi connectivity index (χ1) is 5.77. The number of carbonyl (C=O) groups is 1. The molecule has 2 heteroatoms. The molecule has 0 aliphatic rings. The van der Waals surface area contributed by atoms with Crippen molar-refractivity contribution in [2.24, 2.45) is 0 Å². The molecule has 1 N–H and O–H groups in total.